The number of H-pyrrole nitrogens is 1. The Labute approximate surface area is 124 Å². The van der Waals surface area contributed by atoms with Gasteiger partial charge in [0.15, 0.2) is 0 Å². The summed E-state index contributed by atoms with van der Waals surface area (Å²) in [5, 5.41) is 2.54. The van der Waals surface area contributed by atoms with Crippen LogP contribution in [0.25, 0.3) is 0 Å². The molecule has 0 aromatic carbocycles. The van der Waals surface area contributed by atoms with Crippen LogP contribution in [0.2, 0.25) is 0 Å². The number of rotatable bonds is 3. The fourth-order valence-corrected chi connectivity index (χ4v) is 2.87. The summed E-state index contributed by atoms with van der Waals surface area (Å²) in [6, 6.07) is 1.67. The van der Waals surface area contributed by atoms with Crippen molar-refractivity contribution in [3.63, 3.8) is 0 Å². The van der Waals surface area contributed by atoms with E-state index in [1.54, 1.807) is 19.9 Å². The Bertz CT molecular complexity index is 816. The Hall–Kier alpha value is -2.19. The molecule has 0 unspecified atom stereocenters. The Balaban J connectivity index is 2.44. The molecule has 8 heteroatoms. The number of nitrogen functional groups attached to an aromatic ring is 1. The number of nitrogens with two attached hydrogens (primary N) is 1. The van der Waals surface area contributed by atoms with Gasteiger partial charge >= 0.3 is 0 Å². The predicted octanol–water partition coefficient (Wildman–Crippen LogP) is 0.175. The van der Waals surface area contributed by atoms with Crippen molar-refractivity contribution in [2.45, 2.75) is 27.3 Å². The van der Waals surface area contributed by atoms with E-state index < -0.39 is 0 Å². The first-order chi connectivity index (χ1) is 9.85. The molecule has 2 aromatic heterocycles. The van der Waals surface area contributed by atoms with Crippen molar-refractivity contribution < 1.29 is 4.79 Å². The van der Waals surface area contributed by atoms with E-state index in [0.717, 1.165) is 10.4 Å². The fourth-order valence-electron chi connectivity index (χ4n) is 1.93. The van der Waals surface area contributed by atoms with Crippen molar-refractivity contribution >= 4 is 17.2 Å². The standard InChI is InChI=1S/C13H16N4O3S/c1-6-7(2)13(20)17(16-11(6)18)5-9-4-10(12(19)15-14)21-8(9)3/h4H,5,14H2,1-3H3,(H,15,19)(H,16,18). The maximum atomic E-state index is 12.2. The Morgan fingerprint density at radius 1 is 1.33 bits per heavy atom. The summed E-state index contributed by atoms with van der Waals surface area (Å²) in [7, 11) is 0. The molecule has 0 atom stereocenters. The van der Waals surface area contributed by atoms with Gasteiger partial charge in [0.25, 0.3) is 17.0 Å². The maximum Gasteiger partial charge on any atom is 0.275 e. The van der Waals surface area contributed by atoms with E-state index in [9.17, 15) is 14.4 Å². The second kappa shape index (κ2) is 5.66. The molecule has 0 saturated heterocycles. The van der Waals surface area contributed by atoms with Crippen LogP contribution in [0.5, 0.6) is 0 Å². The summed E-state index contributed by atoms with van der Waals surface area (Å²) >= 11 is 1.28. The molecule has 0 spiro atoms. The van der Waals surface area contributed by atoms with Crippen LogP contribution in [0.15, 0.2) is 15.7 Å². The number of nitrogens with zero attached hydrogens (tertiary/aromatic N) is 1. The maximum absolute atomic E-state index is 12.2. The molecular weight excluding hydrogens is 292 g/mol. The number of hydrogen-bond acceptors (Lipinski definition) is 5. The van der Waals surface area contributed by atoms with Crippen LogP contribution in [0, 0.1) is 20.8 Å². The molecule has 21 heavy (non-hydrogen) atoms. The van der Waals surface area contributed by atoms with Crippen LogP contribution >= 0.6 is 11.3 Å². The summed E-state index contributed by atoms with van der Waals surface area (Å²) < 4.78 is 1.25. The number of hydrogen-bond donors (Lipinski definition) is 3. The van der Waals surface area contributed by atoms with Crippen LogP contribution in [0.1, 0.15) is 31.2 Å². The molecule has 2 heterocycles. The zero-order valence-corrected chi connectivity index (χ0v) is 12.8. The molecule has 2 rings (SSSR count). The minimum atomic E-state index is -0.379. The lowest BCUT2D eigenvalue weighted by Crippen LogP contribution is -2.33. The summed E-state index contributed by atoms with van der Waals surface area (Å²) in [5.41, 5.74) is 3.16. The van der Waals surface area contributed by atoms with Gasteiger partial charge in [0.2, 0.25) is 0 Å². The van der Waals surface area contributed by atoms with Gasteiger partial charge in [-0.15, -0.1) is 11.3 Å². The third-order valence-electron chi connectivity index (χ3n) is 3.41. The first-order valence-electron chi connectivity index (χ1n) is 6.25. The monoisotopic (exact) mass is 308 g/mol. The van der Waals surface area contributed by atoms with Gasteiger partial charge in [-0.05, 0) is 32.4 Å². The topological polar surface area (TPSA) is 110 Å². The number of aryl methyl sites for hydroxylation is 1. The highest BCUT2D eigenvalue weighted by Gasteiger charge is 2.13. The van der Waals surface area contributed by atoms with Crippen molar-refractivity contribution in [3.05, 3.63) is 53.2 Å². The fraction of sp³-hybridized carbons (Fsp3) is 0.308. The molecular formula is C13H16N4O3S. The van der Waals surface area contributed by atoms with Gasteiger partial charge in [0.05, 0.1) is 11.4 Å². The van der Waals surface area contributed by atoms with Crippen LogP contribution in [-0.2, 0) is 6.54 Å². The lowest BCUT2D eigenvalue weighted by atomic mass is 10.2. The van der Waals surface area contributed by atoms with E-state index in [0.29, 0.717) is 16.0 Å². The van der Waals surface area contributed by atoms with Crippen molar-refractivity contribution in [2.75, 3.05) is 0 Å². The van der Waals surface area contributed by atoms with Crippen LogP contribution in [-0.4, -0.2) is 15.7 Å². The minimum absolute atomic E-state index is 0.204. The number of aromatic nitrogens is 2. The van der Waals surface area contributed by atoms with Crippen molar-refractivity contribution in [1.29, 1.82) is 0 Å². The average Bonchev–Trinajstić information content (AvgIpc) is 2.82. The average molecular weight is 308 g/mol. The number of hydrazine groups is 1. The first-order valence-corrected chi connectivity index (χ1v) is 7.07. The zero-order chi connectivity index (χ0) is 15.7. The predicted molar refractivity (Wildman–Crippen MR) is 80.6 cm³/mol. The van der Waals surface area contributed by atoms with E-state index in [2.05, 4.69) is 10.5 Å². The Morgan fingerprint density at radius 3 is 2.62 bits per heavy atom. The third-order valence-corrected chi connectivity index (χ3v) is 4.50. The van der Waals surface area contributed by atoms with E-state index in [4.69, 9.17) is 5.84 Å². The third kappa shape index (κ3) is 2.81. The lowest BCUT2D eigenvalue weighted by Gasteiger charge is -2.07. The number of thiophene rings is 1. The number of nitrogens with one attached hydrogen (secondary N) is 2. The molecule has 2 aromatic rings. The van der Waals surface area contributed by atoms with Crippen molar-refractivity contribution in [3.8, 4) is 0 Å². The van der Waals surface area contributed by atoms with E-state index in [1.807, 2.05) is 6.92 Å². The summed E-state index contributed by atoms with van der Waals surface area (Å²) in [4.78, 5) is 36.8. The van der Waals surface area contributed by atoms with Gasteiger partial charge < -0.3 is 0 Å². The molecule has 0 aliphatic rings. The molecule has 4 N–H and O–H groups in total. The highest BCUT2D eigenvalue weighted by atomic mass is 32.1. The quantitative estimate of drug-likeness (QED) is 0.426. The molecule has 112 valence electrons. The van der Waals surface area contributed by atoms with Gasteiger partial charge in [-0.1, -0.05) is 0 Å². The summed E-state index contributed by atoms with van der Waals surface area (Å²) in [6.07, 6.45) is 0. The number of carbonyl (C=O) groups excluding carboxylic acids is 1. The highest BCUT2D eigenvalue weighted by Crippen LogP contribution is 2.21. The molecule has 7 nitrogen and oxygen atoms in total. The Morgan fingerprint density at radius 2 is 2.00 bits per heavy atom. The van der Waals surface area contributed by atoms with Crippen LogP contribution in [0.3, 0.4) is 0 Å². The number of aromatic amines is 1. The lowest BCUT2D eigenvalue weighted by molar-refractivity contribution is 0.0957. The van der Waals surface area contributed by atoms with E-state index >= 15 is 0 Å². The number of carbonyl (C=O) groups is 1. The smallest absolute Gasteiger partial charge is 0.275 e. The SMILES string of the molecule is Cc1sc(C(=O)NN)cc1Cn1[nH]c(=O)c(C)c(C)c1=O. The summed E-state index contributed by atoms with van der Waals surface area (Å²) in [6.45, 7) is 5.28. The number of amides is 1. The molecule has 0 aliphatic carbocycles. The van der Waals surface area contributed by atoms with Gasteiger partial charge in [-0.25, -0.2) is 10.5 Å². The van der Waals surface area contributed by atoms with Crippen molar-refractivity contribution in [1.82, 2.24) is 15.2 Å². The van der Waals surface area contributed by atoms with Gasteiger partial charge in [-0.2, -0.15) is 0 Å². The second-order valence-corrected chi connectivity index (χ2v) is 6.00. The minimum Gasteiger partial charge on any atom is -0.289 e. The van der Waals surface area contributed by atoms with E-state index in [1.165, 1.54) is 16.0 Å². The van der Waals surface area contributed by atoms with Gasteiger partial charge in [0.1, 0.15) is 0 Å². The molecule has 0 fully saturated rings. The van der Waals surface area contributed by atoms with Gasteiger partial charge in [0, 0.05) is 16.0 Å². The molecule has 0 saturated carbocycles. The summed E-state index contributed by atoms with van der Waals surface area (Å²) in [5.74, 6) is 4.72. The first kappa shape index (κ1) is 15.2. The molecule has 0 aliphatic heterocycles. The second-order valence-electron chi connectivity index (χ2n) is 4.75. The van der Waals surface area contributed by atoms with Crippen LogP contribution in [0.4, 0.5) is 0 Å². The Kier molecular flexibility index (Phi) is 4.10. The molecule has 1 amide bonds. The van der Waals surface area contributed by atoms with E-state index in [-0.39, 0.29) is 23.6 Å². The normalized spacial score (nSPS) is 10.7. The molecule has 0 bridgehead atoms. The van der Waals surface area contributed by atoms with Gasteiger partial charge in [-0.3, -0.25) is 24.9 Å². The molecule has 0 radical (unpaired) electrons. The van der Waals surface area contributed by atoms with Crippen molar-refractivity contribution in [2.24, 2.45) is 5.84 Å². The highest BCUT2D eigenvalue weighted by molar-refractivity contribution is 7.14. The largest absolute Gasteiger partial charge is 0.289 e. The van der Waals surface area contributed by atoms with Crippen LogP contribution < -0.4 is 22.4 Å². The zero-order valence-electron chi connectivity index (χ0n) is 11.9.